The Bertz CT molecular complexity index is 1020. The second-order valence-electron chi connectivity index (χ2n) is 6.10. The highest BCUT2D eigenvalue weighted by molar-refractivity contribution is 7.99. The number of esters is 1. The van der Waals surface area contributed by atoms with Gasteiger partial charge in [0.05, 0.1) is 19.9 Å². The van der Waals surface area contributed by atoms with Crippen LogP contribution >= 0.6 is 11.8 Å². The molecule has 3 rings (SSSR count). The van der Waals surface area contributed by atoms with E-state index in [1.54, 1.807) is 23.9 Å². The third-order valence-electron chi connectivity index (χ3n) is 4.11. The van der Waals surface area contributed by atoms with Gasteiger partial charge in [0.2, 0.25) is 0 Å². The van der Waals surface area contributed by atoms with Gasteiger partial charge in [-0.15, -0.1) is 0 Å². The molecule has 0 fully saturated rings. The largest absolute Gasteiger partial charge is 0.493 e. The van der Waals surface area contributed by atoms with Crippen molar-refractivity contribution in [2.75, 3.05) is 26.1 Å². The van der Waals surface area contributed by atoms with Crippen LogP contribution in [0.1, 0.15) is 10.4 Å². The highest BCUT2D eigenvalue weighted by atomic mass is 32.2. The average Bonchev–Trinajstić information content (AvgIpc) is 2.79. The third-order valence-corrected chi connectivity index (χ3v) is 5.19. The lowest BCUT2D eigenvalue weighted by molar-refractivity contribution is -0.142. The summed E-state index contributed by atoms with van der Waals surface area (Å²) in [5.74, 6) is -0.140. The predicted octanol–water partition coefficient (Wildman–Crippen LogP) is 4.65. The Hall–Kier alpha value is -3.45. The lowest BCUT2D eigenvalue weighted by Gasteiger charge is -2.13. The fraction of sp³-hybridized carbons (Fsp3) is 0.130. The van der Waals surface area contributed by atoms with Crippen molar-refractivity contribution in [1.29, 1.82) is 0 Å². The summed E-state index contributed by atoms with van der Waals surface area (Å²) in [6.45, 7) is -0.283. The first-order chi connectivity index (χ1) is 14.6. The van der Waals surface area contributed by atoms with Gasteiger partial charge in [-0.05, 0) is 42.5 Å². The maximum absolute atomic E-state index is 12.9. The van der Waals surface area contributed by atoms with Crippen LogP contribution in [0.5, 0.6) is 11.5 Å². The lowest BCUT2D eigenvalue weighted by Crippen LogP contribution is -2.15. The van der Waals surface area contributed by atoms with Gasteiger partial charge < -0.3 is 19.5 Å². The van der Waals surface area contributed by atoms with Gasteiger partial charge in [0, 0.05) is 15.4 Å². The van der Waals surface area contributed by atoms with E-state index in [2.05, 4.69) is 10.1 Å². The lowest BCUT2D eigenvalue weighted by atomic mass is 10.2. The number of benzene rings is 3. The maximum atomic E-state index is 12.9. The van der Waals surface area contributed by atoms with Crippen molar-refractivity contribution in [3.05, 3.63) is 78.4 Å². The Morgan fingerprint density at radius 1 is 0.900 bits per heavy atom. The fourth-order valence-electron chi connectivity index (χ4n) is 2.60. The molecule has 1 N–H and O–H groups in total. The number of rotatable bonds is 8. The predicted molar refractivity (Wildman–Crippen MR) is 115 cm³/mol. The molecule has 0 aliphatic rings. The zero-order valence-electron chi connectivity index (χ0n) is 16.6. The summed E-state index contributed by atoms with van der Waals surface area (Å²) in [4.78, 5) is 26.2. The second-order valence-corrected chi connectivity index (χ2v) is 7.21. The molecule has 1 amide bonds. The van der Waals surface area contributed by atoms with E-state index in [1.165, 1.54) is 20.3 Å². The number of ether oxygens (including phenoxy) is 3. The van der Waals surface area contributed by atoms with E-state index in [-0.39, 0.29) is 18.3 Å². The molecule has 0 atom stereocenters. The van der Waals surface area contributed by atoms with Crippen LogP contribution in [0.3, 0.4) is 0 Å². The van der Waals surface area contributed by atoms with Crippen LogP contribution in [-0.2, 0) is 9.53 Å². The van der Waals surface area contributed by atoms with E-state index in [4.69, 9.17) is 9.47 Å². The first kappa shape index (κ1) is 21.3. The zero-order chi connectivity index (χ0) is 21.3. The third kappa shape index (κ3) is 5.55. The topological polar surface area (TPSA) is 73.9 Å². The number of hydrogen-bond donors (Lipinski definition) is 1. The molecule has 0 unspecified atom stereocenters. The number of methoxy groups -OCH3 is 2. The smallest absolute Gasteiger partial charge is 0.343 e. The number of anilines is 1. The summed E-state index contributed by atoms with van der Waals surface area (Å²) < 4.78 is 15.3. The molecule has 0 heterocycles. The summed E-state index contributed by atoms with van der Waals surface area (Å²) in [5, 5.41) is 2.94. The van der Waals surface area contributed by atoms with Crippen molar-refractivity contribution in [2.24, 2.45) is 0 Å². The van der Waals surface area contributed by atoms with Crippen LogP contribution in [0.25, 0.3) is 0 Å². The Morgan fingerprint density at radius 2 is 1.63 bits per heavy atom. The first-order valence-electron chi connectivity index (χ1n) is 9.11. The monoisotopic (exact) mass is 423 g/mol. The Labute approximate surface area is 179 Å². The molecule has 0 aliphatic carbocycles. The minimum atomic E-state index is -0.529. The van der Waals surface area contributed by atoms with Crippen molar-refractivity contribution in [2.45, 2.75) is 9.79 Å². The molecule has 7 heteroatoms. The van der Waals surface area contributed by atoms with E-state index >= 15 is 0 Å². The minimum Gasteiger partial charge on any atom is -0.493 e. The quantitative estimate of drug-likeness (QED) is 0.532. The van der Waals surface area contributed by atoms with Crippen molar-refractivity contribution in [3.8, 4) is 11.5 Å². The second kappa shape index (κ2) is 10.4. The van der Waals surface area contributed by atoms with E-state index in [0.29, 0.717) is 17.0 Å². The van der Waals surface area contributed by atoms with E-state index in [9.17, 15) is 9.59 Å². The Morgan fingerprint density at radius 3 is 2.37 bits per heavy atom. The molecule has 0 saturated carbocycles. The molecule has 30 heavy (non-hydrogen) atoms. The van der Waals surface area contributed by atoms with Crippen LogP contribution in [0.15, 0.2) is 82.6 Å². The van der Waals surface area contributed by atoms with Crippen molar-refractivity contribution in [1.82, 2.24) is 0 Å². The van der Waals surface area contributed by atoms with Crippen LogP contribution in [0, 0.1) is 0 Å². The van der Waals surface area contributed by atoms with Gasteiger partial charge in [-0.25, -0.2) is 4.79 Å². The SMILES string of the molecule is COC(=O)COc1cc(C(=O)Nc2ccccc2Sc2ccccc2)ccc1OC. The van der Waals surface area contributed by atoms with Gasteiger partial charge in [0.1, 0.15) is 0 Å². The highest BCUT2D eigenvalue weighted by Crippen LogP contribution is 2.34. The van der Waals surface area contributed by atoms with Gasteiger partial charge in [-0.1, -0.05) is 42.1 Å². The molecule has 3 aromatic rings. The molecular weight excluding hydrogens is 402 g/mol. The van der Waals surface area contributed by atoms with Crippen LogP contribution in [0.2, 0.25) is 0 Å². The fourth-order valence-corrected chi connectivity index (χ4v) is 3.52. The van der Waals surface area contributed by atoms with E-state index in [1.807, 2.05) is 54.6 Å². The Balaban J connectivity index is 1.78. The van der Waals surface area contributed by atoms with Gasteiger partial charge in [0.15, 0.2) is 18.1 Å². The molecule has 0 aliphatic heterocycles. The van der Waals surface area contributed by atoms with Crippen LogP contribution in [-0.4, -0.2) is 32.7 Å². The van der Waals surface area contributed by atoms with Gasteiger partial charge >= 0.3 is 5.97 Å². The summed E-state index contributed by atoms with van der Waals surface area (Å²) in [5.41, 5.74) is 1.07. The number of para-hydroxylation sites is 1. The van der Waals surface area contributed by atoms with Gasteiger partial charge in [-0.3, -0.25) is 4.79 Å². The number of carbonyl (C=O) groups excluding carboxylic acids is 2. The maximum Gasteiger partial charge on any atom is 0.343 e. The average molecular weight is 423 g/mol. The van der Waals surface area contributed by atoms with Crippen molar-refractivity contribution < 1.29 is 23.8 Å². The Kier molecular flexibility index (Phi) is 7.34. The molecule has 0 bridgehead atoms. The summed E-state index contributed by atoms with van der Waals surface area (Å²) >= 11 is 1.56. The summed E-state index contributed by atoms with van der Waals surface area (Å²) in [7, 11) is 2.76. The van der Waals surface area contributed by atoms with Crippen LogP contribution in [0.4, 0.5) is 5.69 Å². The van der Waals surface area contributed by atoms with E-state index in [0.717, 1.165) is 9.79 Å². The number of carbonyl (C=O) groups is 2. The highest BCUT2D eigenvalue weighted by Gasteiger charge is 2.14. The normalized spacial score (nSPS) is 10.2. The standard InChI is InChI=1S/C23H21NO5S/c1-27-19-13-12-16(14-20(19)29-15-22(25)28-2)23(26)24-18-10-6-7-11-21(18)30-17-8-4-3-5-9-17/h3-14H,15H2,1-2H3,(H,24,26). The molecule has 154 valence electrons. The van der Waals surface area contributed by atoms with Crippen molar-refractivity contribution >= 4 is 29.3 Å². The zero-order valence-corrected chi connectivity index (χ0v) is 17.4. The molecule has 0 aromatic heterocycles. The summed E-state index contributed by atoms with van der Waals surface area (Å²) in [6, 6.07) is 22.3. The molecule has 6 nitrogen and oxygen atoms in total. The molecular formula is C23H21NO5S. The molecule has 0 saturated heterocycles. The number of amides is 1. The minimum absolute atomic E-state index is 0.280. The van der Waals surface area contributed by atoms with E-state index < -0.39 is 5.97 Å². The summed E-state index contributed by atoms with van der Waals surface area (Å²) in [6.07, 6.45) is 0. The van der Waals surface area contributed by atoms with Crippen LogP contribution < -0.4 is 14.8 Å². The first-order valence-corrected chi connectivity index (χ1v) is 9.93. The molecule has 0 radical (unpaired) electrons. The molecule has 0 spiro atoms. The van der Waals surface area contributed by atoms with Gasteiger partial charge in [0.25, 0.3) is 5.91 Å². The molecule has 3 aromatic carbocycles. The van der Waals surface area contributed by atoms with Crippen molar-refractivity contribution in [3.63, 3.8) is 0 Å². The number of hydrogen-bond acceptors (Lipinski definition) is 6. The van der Waals surface area contributed by atoms with Gasteiger partial charge in [-0.2, -0.15) is 0 Å². The number of nitrogens with one attached hydrogen (secondary N) is 1.